The van der Waals surface area contributed by atoms with Crippen LogP contribution < -0.4 is 11.3 Å². The van der Waals surface area contributed by atoms with E-state index in [1.54, 1.807) is 23.9 Å². The van der Waals surface area contributed by atoms with Crippen LogP contribution in [0.3, 0.4) is 0 Å². The predicted molar refractivity (Wildman–Crippen MR) is 71.9 cm³/mol. The van der Waals surface area contributed by atoms with Crippen molar-refractivity contribution in [1.82, 2.24) is 10.4 Å². The molecular weight excluding hydrogens is 246 g/mol. The number of benzene rings is 1. The van der Waals surface area contributed by atoms with Crippen LogP contribution in [0.2, 0.25) is 0 Å². The number of hydrazine groups is 1. The maximum atomic E-state index is 11.3. The van der Waals surface area contributed by atoms with Gasteiger partial charge in [0.05, 0.1) is 5.69 Å². The SMILES string of the molecule is NNC(=O)c1cccc(CSc2ccccc2)n1. The summed E-state index contributed by atoms with van der Waals surface area (Å²) in [5.41, 5.74) is 3.26. The van der Waals surface area contributed by atoms with Crippen LogP contribution in [0.1, 0.15) is 16.2 Å². The average Bonchev–Trinajstić information content (AvgIpc) is 2.45. The summed E-state index contributed by atoms with van der Waals surface area (Å²) in [4.78, 5) is 16.8. The Morgan fingerprint density at radius 3 is 2.67 bits per heavy atom. The third-order valence-electron chi connectivity index (χ3n) is 2.30. The van der Waals surface area contributed by atoms with Gasteiger partial charge in [-0.2, -0.15) is 0 Å². The minimum atomic E-state index is -0.374. The van der Waals surface area contributed by atoms with Crippen LogP contribution in [0.25, 0.3) is 0 Å². The quantitative estimate of drug-likeness (QED) is 0.381. The first-order chi connectivity index (χ1) is 8.79. The fraction of sp³-hybridized carbons (Fsp3) is 0.0769. The van der Waals surface area contributed by atoms with Crippen molar-refractivity contribution in [3.05, 3.63) is 59.9 Å². The molecule has 1 amide bonds. The zero-order valence-corrected chi connectivity index (χ0v) is 10.5. The first-order valence-corrected chi connectivity index (χ1v) is 6.43. The zero-order valence-electron chi connectivity index (χ0n) is 9.67. The first-order valence-electron chi connectivity index (χ1n) is 5.44. The fourth-order valence-corrected chi connectivity index (χ4v) is 2.26. The standard InChI is InChI=1S/C13H13N3OS/c14-16-13(17)12-8-4-5-10(15-12)9-18-11-6-2-1-3-7-11/h1-8H,9,14H2,(H,16,17). The fourth-order valence-electron chi connectivity index (χ4n) is 1.43. The van der Waals surface area contributed by atoms with Crippen LogP contribution in [0.5, 0.6) is 0 Å². The number of nitrogens with one attached hydrogen (secondary N) is 1. The molecule has 0 saturated heterocycles. The number of hydrogen-bond acceptors (Lipinski definition) is 4. The Kier molecular flexibility index (Phi) is 4.33. The Morgan fingerprint density at radius 1 is 1.17 bits per heavy atom. The minimum Gasteiger partial charge on any atom is -0.289 e. The summed E-state index contributed by atoms with van der Waals surface area (Å²) >= 11 is 1.68. The number of carbonyl (C=O) groups is 1. The number of carbonyl (C=O) groups excluding carboxylic acids is 1. The highest BCUT2D eigenvalue weighted by molar-refractivity contribution is 7.98. The van der Waals surface area contributed by atoms with E-state index in [9.17, 15) is 4.79 Å². The van der Waals surface area contributed by atoms with E-state index in [0.717, 1.165) is 11.4 Å². The van der Waals surface area contributed by atoms with E-state index in [-0.39, 0.29) is 5.91 Å². The maximum Gasteiger partial charge on any atom is 0.283 e. The van der Waals surface area contributed by atoms with Gasteiger partial charge in [0.15, 0.2) is 0 Å². The normalized spacial score (nSPS) is 10.1. The van der Waals surface area contributed by atoms with Crippen molar-refractivity contribution in [2.75, 3.05) is 0 Å². The summed E-state index contributed by atoms with van der Waals surface area (Å²) in [6.07, 6.45) is 0. The Balaban J connectivity index is 2.04. The minimum absolute atomic E-state index is 0.337. The molecule has 0 unspecified atom stereocenters. The molecule has 5 heteroatoms. The van der Waals surface area contributed by atoms with Crippen LogP contribution in [0.15, 0.2) is 53.4 Å². The van der Waals surface area contributed by atoms with Crippen LogP contribution in [0, 0.1) is 0 Å². The summed E-state index contributed by atoms with van der Waals surface area (Å²) in [6, 6.07) is 15.4. The molecule has 0 saturated carbocycles. The molecule has 0 aliphatic rings. The van der Waals surface area contributed by atoms with E-state index in [4.69, 9.17) is 5.84 Å². The summed E-state index contributed by atoms with van der Waals surface area (Å²) < 4.78 is 0. The molecule has 4 nitrogen and oxygen atoms in total. The van der Waals surface area contributed by atoms with Gasteiger partial charge in [-0.3, -0.25) is 10.2 Å². The van der Waals surface area contributed by atoms with Crippen LogP contribution in [-0.2, 0) is 5.75 Å². The van der Waals surface area contributed by atoms with Crippen LogP contribution in [-0.4, -0.2) is 10.9 Å². The summed E-state index contributed by atoms with van der Waals surface area (Å²) in [5.74, 6) is 5.42. The van der Waals surface area contributed by atoms with Crippen molar-refractivity contribution >= 4 is 17.7 Å². The van der Waals surface area contributed by atoms with Gasteiger partial charge in [-0.25, -0.2) is 10.8 Å². The second-order valence-corrected chi connectivity index (χ2v) is 4.64. The van der Waals surface area contributed by atoms with Gasteiger partial charge in [0.25, 0.3) is 5.91 Å². The summed E-state index contributed by atoms with van der Waals surface area (Å²) in [5, 5.41) is 0. The van der Waals surface area contributed by atoms with Crippen LogP contribution >= 0.6 is 11.8 Å². The van der Waals surface area contributed by atoms with Gasteiger partial charge in [0, 0.05) is 10.6 Å². The third kappa shape index (κ3) is 3.32. The topological polar surface area (TPSA) is 68.0 Å². The summed E-state index contributed by atoms with van der Waals surface area (Å²) in [7, 11) is 0. The lowest BCUT2D eigenvalue weighted by atomic mass is 10.3. The van der Waals surface area contributed by atoms with E-state index in [1.165, 1.54) is 4.90 Å². The molecule has 1 aromatic heterocycles. The number of nitrogens with zero attached hydrogens (tertiary/aromatic N) is 1. The Hall–Kier alpha value is -1.85. The van der Waals surface area contributed by atoms with Gasteiger partial charge in [0.2, 0.25) is 0 Å². The highest BCUT2D eigenvalue weighted by atomic mass is 32.2. The highest BCUT2D eigenvalue weighted by Crippen LogP contribution is 2.21. The monoisotopic (exact) mass is 259 g/mol. The molecule has 0 spiro atoms. The molecule has 92 valence electrons. The number of aromatic nitrogens is 1. The lowest BCUT2D eigenvalue weighted by molar-refractivity contribution is 0.0948. The average molecular weight is 259 g/mol. The van der Waals surface area contributed by atoms with E-state index in [0.29, 0.717) is 5.69 Å². The smallest absolute Gasteiger partial charge is 0.283 e. The van der Waals surface area contributed by atoms with E-state index in [1.807, 2.05) is 36.4 Å². The Morgan fingerprint density at radius 2 is 1.94 bits per heavy atom. The van der Waals surface area contributed by atoms with Crippen LogP contribution in [0.4, 0.5) is 0 Å². The lowest BCUT2D eigenvalue weighted by Crippen LogP contribution is -2.30. The molecule has 0 aliphatic carbocycles. The molecule has 2 aromatic rings. The van der Waals surface area contributed by atoms with Crippen molar-refractivity contribution in [2.24, 2.45) is 5.84 Å². The molecule has 1 aromatic carbocycles. The van der Waals surface area contributed by atoms with E-state index < -0.39 is 0 Å². The molecule has 1 heterocycles. The number of pyridine rings is 1. The zero-order chi connectivity index (χ0) is 12.8. The molecule has 2 rings (SSSR count). The van der Waals surface area contributed by atoms with Gasteiger partial charge in [-0.1, -0.05) is 24.3 Å². The number of amides is 1. The number of thioether (sulfide) groups is 1. The van der Waals surface area contributed by atoms with Gasteiger partial charge in [-0.15, -0.1) is 11.8 Å². The molecule has 0 bridgehead atoms. The van der Waals surface area contributed by atoms with Gasteiger partial charge in [-0.05, 0) is 24.3 Å². The number of rotatable bonds is 4. The molecule has 0 fully saturated rings. The Bertz CT molecular complexity index is 531. The van der Waals surface area contributed by atoms with Crippen molar-refractivity contribution in [2.45, 2.75) is 10.6 Å². The number of nitrogen functional groups attached to an aromatic ring is 1. The van der Waals surface area contributed by atoms with Gasteiger partial charge in [0.1, 0.15) is 5.69 Å². The second-order valence-electron chi connectivity index (χ2n) is 3.59. The molecule has 0 radical (unpaired) electrons. The number of hydrogen-bond donors (Lipinski definition) is 2. The Labute approximate surface area is 110 Å². The lowest BCUT2D eigenvalue weighted by Gasteiger charge is -2.03. The third-order valence-corrected chi connectivity index (χ3v) is 3.35. The summed E-state index contributed by atoms with van der Waals surface area (Å²) in [6.45, 7) is 0. The molecule has 0 atom stereocenters. The highest BCUT2D eigenvalue weighted by Gasteiger charge is 2.05. The molecule has 0 aliphatic heterocycles. The van der Waals surface area contributed by atoms with E-state index in [2.05, 4.69) is 10.4 Å². The number of nitrogens with two attached hydrogens (primary N) is 1. The largest absolute Gasteiger partial charge is 0.289 e. The molecular formula is C13H13N3OS. The maximum absolute atomic E-state index is 11.3. The van der Waals surface area contributed by atoms with Crippen molar-refractivity contribution in [3.63, 3.8) is 0 Å². The predicted octanol–water partition coefficient (Wildman–Crippen LogP) is 1.98. The van der Waals surface area contributed by atoms with Crippen molar-refractivity contribution in [1.29, 1.82) is 0 Å². The molecule has 18 heavy (non-hydrogen) atoms. The van der Waals surface area contributed by atoms with Gasteiger partial charge >= 0.3 is 0 Å². The second kappa shape index (κ2) is 6.18. The van der Waals surface area contributed by atoms with Crippen molar-refractivity contribution < 1.29 is 4.79 Å². The van der Waals surface area contributed by atoms with E-state index >= 15 is 0 Å². The first kappa shape index (κ1) is 12.6. The molecule has 3 N–H and O–H groups in total. The van der Waals surface area contributed by atoms with Gasteiger partial charge < -0.3 is 0 Å². The van der Waals surface area contributed by atoms with Crippen molar-refractivity contribution in [3.8, 4) is 0 Å².